The first-order valence-corrected chi connectivity index (χ1v) is 8.48. The van der Waals surface area contributed by atoms with Crippen LogP contribution in [0.15, 0.2) is 51.8 Å². The normalized spacial score (nSPS) is 11.2. The van der Waals surface area contributed by atoms with Crippen LogP contribution < -0.4 is 9.04 Å². The van der Waals surface area contributed by atoms with Crippen LogP contribution in [-0.2, 0) is 10.0 Å². The van der Waals surface area contributed by atoms with Crippen molar-refractivity contribution in [3.8, 4) is 5.75 Å². The fraction of sp³-hybridized carbons (Fsp3) is 0.200. The number of aryl methyl sites for hydroxylation is 1. The highest BCUT2D eigenvalue weighted by Crippen LogP contribution is 2.30. The van der Waals surface area contributed by atoms with Crippen molar-refractivity contribution in [2.45, 2.75) is 11.8 Å². The first-order valence-electron chi connectivity index (χ1n) is 6.25. The fourth-order valence-electron chi connectivity index (χ4n) is 1.86. The summed E-state index contributed by atoms with van der Waals surface area (Å²) in [7, 11) is -0.530. The predicted octanol–water partition coefficient (Wildman–Crippen LogP) is 3.59. The largest absolute Gasteiger partial charge is 0.496 e. The minimum Gasteiger partial charge on any atom is -0.496 e. The lowest BCUT2D eigenvalue weighted by molar-refractivity contribution is 0.411. The average Bonchev–Trinajstić information content (AvgIpc) is 2.47. The first kappa shape index (κ1) is 15.9. The van der Waals surface area contributed by atoms with Crippen molar-refractivity contribution in [1.82, 2.24) is 0 Å². The third-order valence-electron chi connectivity index (χ3n) is 3.18. The standard InChI is InChI=1S/C15H16BrNO3S/c1-11-4-6-12(7-5-11)17(2)21(18,19)13-8-9-15(20-3)14(16)10-13/h4-10H,1-3H3. The molecule has 6 heteroatoms. The molecule has 0 aromatic heterocycles. The second-order valence-corrected chi connectivity index (χ2v) is 7.43. The number of methoxy groups -OCH3 is 1. The van der Waals surface area contributed by atoms with E-state index in [1.54, 1.807) is 24.3 Å². The molecule has 0 atom stereocenters. The Morgan fingerprint density at radius 2 is 1.71 bits per heavy atom. The summed E-state index contributed by atoms with van der Waals surface area (Å²) in [4.78, 5) is 0.207. The zero-order chi connectivity index (χ0) is 15.6. The Balaban J connectivity index is 2.41. The lowest BCUT2D eigenvalue weighted by Gasteiger charge is -2.20. The average molecular weight is 370 g/mol. The molecule has 0 aliphatic rings. The number of sulfonamides is 1. The molecule has 0 N–H and O–H groups in total. The second-order valence-electron chi connectivity index (χ2n) is 4.60. The van der Waals surface area contributed by atoms with Gasteiger partial charge < -0.3 is 4.74 Å². The highest BCUT2D eigenvalue weighted by molar-refractivity contribution is 9.10. The minimum absolute atomic E-state index is 0.207. The number of halogens is 1. The van der Waals surface area contributed by atoms with Gasteiger partial charge in [-0.1, -0.05) is 17.7 Å². The van der Waals surface area contributed by atoms with Crippen molar-refractivity contribution < 1.29 is 13.2 Å². The molecule has 0 unspecified atom stereocenters. The molecule has 0 saturated heterocycles. The number of nitrogens with zero attached hydrogens (tertiary/aromatic N) is 1. The van der Waals surface area contributed by atoms with Crippen LogP contribution in [0.2, 0.25) is 0 Å². The van der Waals surface area contributed by atoms with E-state index in [9.17, 15) is 8.42 Å². The van der Waals surface area contributed by atoms with E-state index < -0.39 is 10.0 Å². The SMILES string of the molecule is COc1ccc(S(=O)(=O)N(C)c2ccc(C)cc2)cc1Br. The van der Waals surface area contributed by atoms with E-state index >= 15 is 0 Å². The number of hydrogen-bond donors (Lipinski definition) is 0. The molecule has 0 saturated carbocycles. The molecule has 2 aromatic rings. The maximum atomic E-state index is 12.6. The Morgan fingerprint density at radius 1 is 1.10 bits per heavy atom. The summed E-state index contributed by atoms with van der Waals surface area (Å²) < 4.78 is 32.2. The van der Waals surface area contributed by atoms with Gasteiger partial charge in [-0.05, 0) is 53.2 Å². The minimum atomic E-state index is -3.60. The van der Waals surface area contributed by atoms with Gasteiger partial charge in [0.05, 0.1) is 22.2 Å². The van der Waals surface area contributed by atoms with E-state index in [1.165, 1.54) is 24.5 Å². The van der Waals surface area contributed by atoms with Gasteiger partial charge in [0.15, 0.2) is 0 Å². The molecule has 4 nitrogen and oxygen atoms in total. The summed E-state index contributed by atoms with van der Waals surface area (Å²) >= 11 is 3.31. The highest BCUT2D eigenvalue weighted by Gasteiger charge is 2.22. The molecule has 0 aliphatic heterocycles. The van der Waals surface area contributed by atoms with Gasteiger partial charge in [0, 0.05) is 7.05 Å². The smallest absolute Gasteiger partial charge is 0.264 e. The Hall–Kier alpha value is -1.53. The first-order chi connectivity index (χ1) is 9.86. The van der Waals surface area contributed by atoms with Crippen LogP contribution in [0.25, 0.3) is 0 Å². The second kappa shape index (κ2) is 6.07. The molecule has 0 aliphatic carbocycles. The molecule has 0 amide bonds. The van der Waals surface area contributed by atoms with Crippen LogP contribution in [0.1, 0.15) is 5.56 Å². The van der Waals surface area contributed by atoms with Crippen LogP contribution in [-0.4, -0.2) is 22.6 Å². The fourth-order valence-corrected chi connectivity index (χ4v) is 3.77. The van der Waals surface area contributed by atoms with Gasteiger partial charge in [0.1, 0.15) is 5.75 Å². The van der Waals surface area contributed by atoms with Crippen molar-refractivity contribution in [2.24, 2.45) is 0 Å². The molecule has 0 radical (unpaired) electrons. The van der Waals surface area contributed by atoms with E-state index in [4.69, 9.17) is 4.74 Å². The molecule has 2 rings (SSSR count). The predicted molar refractivity (Wildman–Crippen MR) is 87.5 cm³/mol. The highest BCUT2D eigenvalue weighted by atomic mass is 79.9. The van der Waals surface area contributed by atoms with Crippen molar-refractivity contribution in [3.05, 3.63) is 52.5 Å². The molecule has 112 valence electrons. The summed E-state index contributed by atoms with van der Waals surface area (Å²) in [6.45, 7) is 1.96. The summed E-state index contributed by atoms with van der Waals surface area (Å²) in [6, 6.07) is 12.0. The van der Waals surface area contributed by atoms with Crippen LogP contribution in [0.5, 0.6) is 5.75 Å². The molecular formula is C15H16BrNO3S. The third kappa shape index (κ3) is 3.22. The number of ether oxygens (including phenoxy) is 1. The van der Waals surface area contributed by atoms with E-state index in [-0.39, 0.29) is 4.90 Å². The lowest BCUT2D eigenvalue weighted by atomic mass is 10.2. The maximum absolute atomic E-state index is 12.6. The van der Waals surface area contributed by atoms with Crippen LogP contribution >= 0.6 is 15.9 Å². The van der Waals surface area contributed by atoms with Crippen LogP contribution in [0.4, 0.5) is 5.69 Å². The number of hydrogen-bond acceptors (Lipinski definition) is 3. The van der Waals surface area contributed by atoms with Gasteiger partial charge in [0.2, 0.25) is 0 Å². The number of benzene rings is 2. The van der Waals surface area contributed by atoms with Gasteiger partial charge in [-0.25, -0.2) is 8.42 Å². The van der Waals surface area contributed by atoms with Crippen molar-refractivity contribution >= 4 is 31.6 Å². The molecular weight excluding hydrogens is 354 g/mol. The van der Waals surface area contributed by atoms with Crippen molar-refractivity contribution in [1.29, 1.82) is 0 Å². The quantitative estimate of drug-likeness (QED) is 0.826. The maximum Gasteiger partial charge on any atom is 0.264 e. The topological polar surface area (TPSA) is 46.6 Å². The lowest BCUT2D eigenvalue weighted by Crippen LogP contribution is -2.26. The van der Waals surface area contributed by atoms with Gasteiger partial charge in [-0.3, -0.25) is 4.31 Å². The number of rotatable bonds is 4. The Morgan fingerprint density at radius 3 is 2.24 bits per heavy atom. The molecule has 0 spiro atoms. The Bertz CT molecular complexity index is 742. The van der Waals surface area contributed by atoms with E-state index in [0.29, 0.717) is 15.9 Å². The monoisotopic (exact) mass is 369 g/mol. The summed E-state index contributed by atoms with van der Waals surface area (Å²) in [6.07, 6.45) is 0. The molecule has 0 heterocycles. The van der Waals surface area contributed by atoms with Gasteiger partial charge in [-0.2, -0.15) is 0 Å². The van der Waals surface area contributed by atoms with Gasteiger partial charge in [0.25, 0.3) is 10.0 Å². The van der Waals surface area contributed by atoms with E-state index in [1.807, 2.05) is 19.1 Å². The van der Waals surface area contributed by atoms with Gasteiger partial charge >= 0.3 is 0 Å². The zero-order valence-corrected chi connectivity index (χ0v) is 14.4. The van der Waals surface area contributed by atoms with Gasteiger partial charge in [-0.15, -0.1) is 0 Å². The molecule has 0 fully saturated rings. The Labute approximate surface area is 133 Å². The molecule has 0 bridgehead atoms. The van der Waals surface area contributed by atoms with Crippen molar-refractivity contribution in [3.63, 3.8) is 0 Å². The number of anilines is 1. The van der Waals surface area contributed by atoms with E-state index in [0.717, 1.165) is 5.56 Å². The van der Waals surface area contributed by atoms with Crippen LogP contribution in [0.3, 0.4) is 0 Å². The van der Waals surface area contributed by atoms with Crippen molar-refractivity contribution in [2.75, 3.05) is 18.5 Å². The Kier molecular flexibility index (Phi) is 4.58. The summed E-state index contributed by atoms with van der Waals surface area (Å²) in [5, 5.41) is 0. The summed E-state index contributed by atoms with van der Waals surface area (Å²) in [5.41, 5.74) is 1.70. The van der Waals surface area contributed by atoms with Crippen LogP contribution in [0, 0.1) is 6.92 Å². The third-order valence-corrected chi connectivity index (χ3v) is 5.58. The molecule has 2 aromatic carbocycles. The zero-order valence-electron chi connectivity index (χ0n) is 12.0. The summed E-state index contributed by atoms with van der Waals surface area (Å²) in [5.74, 6) is 0.590. The van der Waals surface area contributed by atoms with E-state index in [2.05, 4.69) is 15.9 Å². The molecule has 21 heavy (non-hydrogen) atoms.